The van der Waals surface area contributed by atoms with Gasteiger partial charge in [0.25, 0.3) is 10.1 Å². The number of halogens is 1. The fourth-order valence-corrected chi connectivity index (χ4v) is 2.70. The number of rotatable bonds is 5. The molecule has 0 saturated carbocycles. The molecule has 0 aliphatic carbocycles. The lowest BCUT2D eigenvalue weighted by Gasteiger charge is -2.07. The van der Waals surface area contributed by atoms with Crippen LogP contribution in [0.2, 0.25) is 0 Å². The summed E-state index contributed by atoms with van der Waals surface area (Å²) >= 11 is 3.30. The smallest absolute Gasteiger partial charge is 0.282 e. The number of hydrogen-bond donors (Lipinski definition) is 1. The van der Waals surface area contributed by atoms with E-state index in [1.54, 1.807) is 12.1 Å². The van der Waals surface area contributed by atoms with Gasteiger partial charge in [-0.2, -0.15) is 8.42 Å². The van der Waals surface area contributed by atoms with E-state index in [-0.39, 0.29) is 4.90 Å². The molecule has 0 fully saturated rings. The van der Waals surface area contributed by atoms with E-state index >= 15 is 0 Å². The highest BCUT2D eigenvalue weighted by Crippen LogP contribution is 2.22. The summed E-state index contributed by atoms with van der Waals surface area (Å²) in [5.41, 5.74) is 0.672. The molecule has 1 aromatic carbocycles. The Labute approximate surface area is 105 Å². The maximum Gasteiger partial charge on any atom is 0.294 e. The van der Waals surface area contributed by atoms with Crippen molar-refractivity contribution in [1.29, 1.82) is 0 Å². The molecule has 0 aliphatic heterocycles. The summed E-state index contributed by atoms with van der Waals surface area (Å²) in [5.74, 6) is 0. The van der Waals surface area contributed by atoms with Crippen LogP contribution in [-0.4, -0.2) is 13.0 Å². The van der Waals surface area contributed by atoms with Crippen molar-refractivity contribution in [1.82, 2.24) is 0 Å². The largest absolute Gasteiger partial charge is 0.294 e. The van der Waals surface area contributed by atoms with Crippen molar-refractivity contribution < 1.29 is 13.0 Å². The monoisotopic (exact) mass is 306 g/mol. The molecular weight excluding hydrogens is 292 g/mol. The third kappa shape index (κ3) is 3.88. The molecule has 0 saturated heterocycles. The van der Waals surface area contributed by atoms with Gasteiger partial charge in [0.05, 0.1) is 4.90 Å². The van der Waals surface area contributed by atoms with Crippen LogP contribution in [0.1, 0.15) is 31.7 Å². The van der Waals surface area contributed by atoms with Crippen LogP contribution in [0, 0.1) is 0 Å². The van der Waals surface area contributed by atoms with Crippen molar-refractivity contribution in [3.8, 4) is 0 Å². The van der Waals surface area contributed by atoms with Gasteiger partial charge in [0.2, 0.25) is 0 Å². The second kappa shape index (κ2) is 5.80. The molecular formula is C11H15BrO3S. The summed E-state index contributed by atoms with van der Waals surface area (Å²) in [5, 5.41) is 0. The lowest BCUT2D eigenvalue weighted by molar-refractivity contribution is 0.481. The van der Waals surface area contributed by atoms with Gasteiger partial charge in [0, 0.05) is 4.47 Å². The van der Waals surface area contributed by atoms with E-state index in [2.05, 4.69) is 22.9 Å². The van der Waals surface area contributed by atoms with Crippen LogP contribution in [0.25, 0.3) is 0 Å². The Morgan fingerprint density at radius 3 is 2.56 bits per heavy atom. The minimum absolute atomic E-state index is 0.0202. The standard InChI is InChI=1S/C11H15BrO3S/c1-2-3-4-5-9-8-10(12)6-7-11(9)16(13,14)15/h6-8H,2-5H2,1H3,(H,13,14,15). The molecule has 1 aromatic rings. The SMILES string of the molecule is CCCCCc1cc(Br)ccc1S(=O)(=O)O. The first-order valence-corrected chi connectivity index (χ1v) is 7.44. The molecule has 0 radical (unpaired) electrons. The molecule has 0 bridgehead atoms. The van der Waals surface area contributed by atoms with Gasteiger partial charge in [-0.05, 0) is 36.6 Å². The molecule has 0 spiro atoms. The Kier molecular flexibility index (Phi) is 4.95. The molecule has 1 N–H and O–H groups in total. The van der Waals surface area contributed by atoms with Crippen molar-refractivity contribution in [3.05, 3.63) is 28.2 Å². The van der Waals surface area contributed by atoms with Gasteiger partial charge in [-0.25, -0.2) is 0 Å². The topological polar surface area (TPSA) is 54.4 Å². The van der Waals surface area contributed by atoms with Crippen LogP contribution in [0.15, 0.2) is 27.6 Å². The van der Waals surface area contributed by atoms with E-state index in [4.69, 9.17) is 4.55 Å². The van der Waals surface area contributed by atoms with Crippen LogP contribution in [0.4, 0.5) is 0 Å². The third-order valence-corrected chi connectivity index (χ3v) is 3.80. The quantitative estimate of drug-likeness (QED) is 0.670. The lowest BCUT2D eigenvalue weighted by atomic mass is 10.1. The average Bonchev–Trinajstić information content (AvgIpc) is 2.16. The maximum atomic E-state index is 11.1. The summed E-state index contributed by atoms with van der Waals surface area (Å²) in [6.45, 7) is 2.09. The number of aryl methyl sites for hydroxylation is 1. The molecule has 0 amide bonds. The normalized spacial score (nSPS) is 11.7. The molecule has 3 nitrogen and oxygen atoms in total. The molecule has 5 heteroatoms. The minimum Gasteiger partial charge on any atom is -0.282 e. The van der Waals surface area contributed by atoms with Gasteiger partial charge in [-0.3, -0.25) is 4.55 Å². The van der Waals surface area contributed by atoms with Gasteiger partial charge in [-0.15, -0.1) is 0 Å². The van der Waals surface area contributed by atoms with Crippen LogP contribution in [0.5, 0.6) is 0 Å². The molecule has 0 unspecified atom stereocenters. The summed E-state index contributed by atoms with van der Waals surface area (Å²) in [7, 11) is -4.11. The van der Waals surface area contributed by atoms with Gasteiger partial charge >= 0.3 is 0 Å². The van der Waals surface area contributed by atoms with Crippen molar-refractivity contribution in [3.63, 3.8) is 0 Å². The maximum absolute atomic E-state index is 11.1. The Balaban J connectivity index is 3.00. The minimum atomic E-state index is -4.11. The fourth-order valence-electron chi connectivity index (χ4n) is 1.56. The van der Waals surface area contributed by atoms with Crippen LogP contribution in [0.3, 0.4) is 0 Å². The van der Waals surface area contributed by atoms with E-state index in [0.717, 1.165) is 23.7 Å². The van der Waals surface area contributed by atoms with Crippen LogP contribution < -0.4 is 0 Å². The highest BCUT2D eigenvalue weighted by molar-refractivity contribution is 9.10. The van der Waals surface area contributed by atoms with Crippen molar-refractivity contribution >= 4 is 26.0 Å². The molecule has 16 heavy (non-hydrogen) atoms. The zero-order valence-electron chi connectivity index (χ0n) is 9.11. The summed E-state index contributed by atoms with van der Waals surface area (Å²) in [6, 6.07) is 4.80. The second-order valence-corrected chi connectivity index (χ2v) is 5.99. The first-order valence-electron chi connectivity index (χ1n) is 5.21. The van der Waals surface area contributed by atoms with Crippen molar-refractivity contribution in [2.75, 3.05) is 0 Å². The second-order valence-electron chi connectivity index (χ2n) is 3.68. The van der Waals surface area contributed by atoms with Gasteiger partial charge in [0.1, 0.15) is 0 Å². The van der Waals surface area contributed by atoms with Crippen LogP contribution >= 0.6 is 15.9 Å². The summed E-state index contributed by atoms with van der Waals surface area (Å²) in [6.07, 6.45) is 3.73. The Morgan fingerprint density at radius 2 is 2.00 bits per heavy atom. The Hall–Kier alpha value is -0.390. The Bertz CT molecular complexity index is 454. The highest BCUT2D eigenvalue weighted by atomic mass is 79.9. The van der Waals surface area contributed by atoms with Gasteiger partial charge < -0.3 is 0 Å². The third-order valence-electron chi connectivity index (χ3n) is 2.35. The zero-order chi connectivity index (χ0) is 12.2. The molecule has 90 valence electrons. The van der Waals surface area contributed by atoms with E-state index in [1.165, 1.54) is 6.07 Å². The first kappa shape index (κ1) is 13.7. The molecule has 0 atom stereocenters. The Morgan fingerprint density at radius 1 is 1.31 bits per heavy atom. The van der Waals surface area contributed by atoms with Crippen LogP contribution in [-0.2, 0) is 16.5 Å². The number of hydrogen-bond acceptors (Lipinski definition) is 2. The van der Waals surface area contributed by atoms with E-state index < -0.39 is 10.1 Å². The predicted molar refractivity (Wildman–Crippen MR) is 67.2 cm³/mol. The lowest BCUT2D eigenvalue weighted by Crippen LogP contribution is -2.03. The van der Waals surface area contributed by atoms with Crippen molar-refractivity contribution in [2.45, 2.75) is 37.5 Å². The number of unbranched alkanes of at least 4 members (excludes halogenated alkanes) is 2. The zero-order valence-corrected chi connectivity index (χ0v) is 11.5. The molecule has 0 aromatic heterocycles. The predicted octanol–water partition coefficient (Wildman–Crippen LogP) is 3.43. The molecule has 1 rings (SSSR count). The highest BCUT2D eigenvalue weighted by Gasteiger charge is 2.14. The van der Waals surface area contributed by atoms with E-state index in [1.807, 2.05) is 0 Å². The summed E-state index contributed by atoms with van der Waals surface area (Å²) in [4.78, 5) is 0.0202. The van der Waals surface area contributed by atoms with Crippen molar-refractivity contribution in [2.24, 2.45) is 0 Å². The summed E-state index contributed by atoms with van der Waals surface area (Å²) < 4.78 is 32.2. The fraction of sp³-hybridized carbons (Fsp3) is 0.455. The van der Waals surface area contributed by atoms with Gasteiger partial charge in [0.15, 0.2) is 0 Å². The first-order chi connectivity index (χ1) is 7.45. The van der Waals surface area contributed by atoms with E-state index in [0.29, 0.717) is 12.0 Å². The molecule has 0 heterocycles. The number of benzene rings is 1. The molecule has 0 aliphatic rings. The van der Waals surface area contributed by atoms with Gasteiger partial charge in [-0.1, -0.05) is 35.7 Å². The average molecular weight is 307 g/mol. The van der Waals surface area contributed by atoms with E-state index in [9.17, 15) is 8.42 Å².